The zero-order chi connectivity index (χ0) is 18.9. The van der Waals surface area contributed by atoms with E-state index in [1.54, 1.807) is 23.5 Å². The van der Waals surface area contributed by atoms with Gasteiger partial charge in [0.1, 0.15) is 0 Å². The van der Waals surface area contributed by atoms with Gasteiger partial charge in [-0.3, -0.25) is 4.79 Å². The summed E-state index contributed by atoms with van der Waals surface area (Å²) < 4.78 is 10.9. The molecule has 7 heteroatoms. The van der Waals surface area contributed by atoms with Gasteiger partial charge < -0.3 is 14.8 Å². The normalized spacial score (nSPS) is 10.6. The third-order valence-electron chi connectivity index (χ3n) is 3.71. The molecule has 0 radical (unpaired) electrons. The fourth-order valence-corrected chi connectivity index (χ4v) is 3.50. The first-order valence-electron chi connectivity index (χ1n) is 8.74. The van der Waals surface area contributed by atoms with Crippen molar-refractivity contribution in [2.75, 3.05) is 20.3 Å². The second-order valence-electron chi connectivity index (χ2n) is 5.93. The summed E-state index contributed by atoms with van der Waals surface area (Å²) in [6.07, 6.45) is 3.69. The molecule has 0 saturated heterocycles. The van der Waals surface area contributed by atoms with Gasteiger partial charge in [0.15, 0.2) is 11.5 Å². The second kappa shape index (κ2) is 10.4. The average Bonchev–Trinajstić information content (AvgIpc) is 3.04. The van der Waals surface area contributed by atoms with Gasteiger partial charge in [0.25, 0.3) is 5.91 Å². The summed E-state index contributed by atoms with van der Waals surface area (Å²) in [6, 6.07) is 3.27. The lowest BCUT2D eigenvalue weighted by atomic mass is 10.1. The quantitative estimate of drug-likeness (QED) is 0.593. The second-order valence-corrected chi connectivity index (χ2v) is 7.28. The maximum absolute atomic E-state index is 12.4. The molecule has 1 heterocycles. The number of carbonyl (C=O) groups excluding carboxylic acids is 1. The van der Waals surface area contributed by atoms with E-state index >= 15 is 0 Å². The summed E-state index contributed by atoms with van der Waals surface area (Å²) >= 11 is 7.94. The summed E-state index contributed by atoms with van der Waals surface area (Å²) in [7, 11) is 1.53. The average molecular weight is 397 g/mol. The number of hydrogen-bond donors (Lipinski definition) is 1. The Morgan fingerprint density at radius 3 is 2.81 bits per heavy atom. The molecular weight excluding hydrogens is 372 g/mol. The predicted octanol–water partition coefficient (Wildman–Crippen LogP) is 4.66. The number of nitrogens with one attached hydrogen (secondary N) is 1. The van der Waals surface area contributed by atoms with Crippen LogP contribution in [0.5, 0.6) is 11.5 Å². The molecule has 1 aromatic carbocycles. The zero-order valence-corrected chi connectivity index (χ0v) is 17.0. The largest absolute Gasteiger partial charge is 0.493 e. The van der Waals surface area contributed by atoms with Crippen molar-refractivity contribution >= 4 is 28.8 Å². The maximum atomic E-state index is 12.4. The molecule has 1 aromatic heterocycles. The van der Waals surface area contributed by atoms with Crippen LogP contribution in [0.25, 0.3) is 0 Å². The molecule has 2 rings (SSSR count). The smallest absolute Gasteiger partial charge is 0.251 e. The minimum absolute atomic E-state index is 0.169. The van der Waals surface area contributed by atoms with Crippen LogP contribution in [-0.4, -0.2) is 31.2 Å². The SMILES string of the molecule is CCCOc1c(Cl)cc(C(=O)NCCCCc2nc(C)cs2)cc1OC. The molecule has 142 valence electrons. The lowest BCUT2D eigenvalue weighted by Crippen LogP contribution is -2.24. The van der Waals surface area contributed by atoms with E-state index < -0.39 is 0 Å². The van der Waals surface area contributed by atoms with Gasteiger partial charge in [-0.15, -0.1) is 11.3 Å². The van der Waals surface area contributed by atoms with Crippen LogP contribution in [0.1, 0.15) is 47.2 Å². The number of rotatable bonds is 10. The van der Waals surface area contributed by atoms with Gasteiger partial charge in [-0.1, -0.05) is 18.5 Å². The molecule has 1 N–H and O–H groups in total. The van der Waals surface area contributed by atoms with E-state index in [0.29, 0.717) is 35.2 Å². The molecule has 0 saturated carbocycles. The lowest BCUT2D eigenvalue weighted by molar-refractivity contribution is 0.0952. The number of benzene rings is 1. The van der Waals surface area contributed by atoms with Gasteiger partial charge in [-0.05, 0) is 44.7 Å². The van der Waals surface area contributed by atoms with E-state index in [9.17, 15) is 4.79 Å². The number of hydrogen-bond acceptors (Lipinski definition) is 5. The molecule has 0 fully saturated rings. The first kappa shape index (κ1) is 20.5. The van der Waals surface area contributed by atoms with Crippen molar-refractivity contribution in [2.24, 2.45) is 0 Å². The Balaban J connectivity index is 1.85. The third kappa shape index (κ3) is 5.88. The van der Waals surface area contributed by atoms with E-state index in [0.717, 1.165) is 36.4 Å². The van der Waals surface area contributed by atoms with E-state index in [4.69, 9.17) is 21.1 Å². The minimum atomic E-state index is -0.169. The van der Waals surface area contributed by atoms with E-state index in [1.807, 2.05) is 13.8 Å². The van der Waals surface area contributed by atoms with E-state index in [2.05, 4.69) is 15.7 Å². The Morgan fingerprint density at radius 1 is 1.35 bits per heavy atom. The first-order valence-corrected chi connectivity index (χ1v) is 10.0. The van der Waals surface area contributed by atoms with Crippen LogP contribution in [-0.2, 0) is 6.42 Å². The highest BCUT2D eigenvalue weighted by atomic mass is 35.5. The van der Waals surface area contributed by atoms with Gasteiger partial charge in [0.05, 0.1) is 23.7 Å². The standard InChI is InChI=1S/C19H25ClN2O3S/c1-4-9-25-18-15(20)10-14(11-16(18)24-3)19(23)21-8-6-5-7-17-22-13(2)12-26-17/h10-12H,4-9H2,1-3H3,(H,21,23). The van der Waals surface area contributed by atoms with Gasteiger partial charge in [-0.2, -0.15) is 0 Å². The van der Waals surface area contributed by atoms with Crippen molar-refractivity contribution in [3.05, 3.63) is 38.8 Å². The molecule has 0 bridgehead atoms. The van der Waals surface area contributed by atoms with Crippen LogP contribution < -0.4 is 14.8 Å². The number of aryl methyl sites for hydroxylation is 2. The van der Waals surface area contributed by atoms with Crippen LogP contribution in [0.15, 0.2) is 17.5 Å². The molecular formula is C19H25ClN2O3S. The molecule has 26 heavy (non-hydrogen) atoms. The van der Waals surface area contributed by atoms with Crippen molar-refractivity contribution < 1.29 is 14.3 Å². The Morgan fingerprint density at radius 2 is 2.15 bits per heavy atom. The Bertz CT molecular complexity index is 734. The summed E-state index contributed by atoms with van der Waals surface area (Å²) in [5.41, 5.74) is 1.53. The monoisotopic (exact) mass is 396 g/mol. The topological polar surface area (TPSA) is 60.5 Å². The van der Waals surface area contributed by atoms with Gasteiger partial charge in [-0.25, -0.2) is 4.98 Å². The van der Waals surface area contributed by atoms with Crippen LogP contribution >= 0.6 is 22.9 Å². The van der Waals surface area contributed by atoms with E-state index in [1.165, 1.54) is 7.11 Å². The summed E-state index contributed by atoms with van der Waals surface area (Å²) in [5, 5.41) is 6.50. The van der Waals surface area contributed by atoms with Crippen LogP contribution in [0.3, 0.4) is 0 Å². The minimum Gasteiger partial charge on any atom is -0.493 e. The fraction of sp³-hybridized carbons (Fsp3) is 0.474. The van der Waals surface area contributed by atoms with Gasteiger partial charge in [0, 0.05) is 23.2 Å². The predicted molar refractivity (Wildman–Crippen MR) is 106 cm³/mol. The highest BCUT2D eigenvalue weighted by molar-refractivity contribution is 7.09. The van der Waals surface area contributed by atoms with Crippen LogP contribution in [0, 0.1) is 6.92 Å². The molecule has 0 spiro atoms. The number of halogens is 1. The lowest BCUT2D eigenvalue weighted by Gasteiger charge is -2.13. The Hall–Kier alpha value is -1.79. The third-order valence-corrected chi connectivity index (χ3v) is 5.02. The Labute approximate surface area is 163 Å². The molecule has 1 amide bonds. The van der Waals surface area contributed by atoms with Crippen molar-refractivity contribution in [3.8, 4) is 11.5 Å². The molecule has 0 aliphatic rings. The number of nitrogens with zero attached hydrogens (tertiary/aromatic N) is 1. The van der Waals surface area contributed by atoms with E-state index in [-0.39, 0.29) is 5.91 Å². The molecule has 0 atom stereocenters. The number of aromatic nitrogens is 1. The summed E-state index contributed by atoms with van der Waals surface area (Å²) in [5.74, 6) is 0.777. The molecule has 2 aromatic rings. The number of methoxy groups -OCH3 is 1. The molecule has 0 unspecified atom stereocenters. The van der Waals surface area contributed by atoms with Crippen LogP contribution in [0.4, 0.5) is 0 Å². The number of thiazole rings is 1. The fourth-order valence-electron chi connectivity index (χ4n) is 2.42. The maximum Gasteiger partial charge on any atom is 0.251 e. The number of amides is 1. The molecule has 0 aliphatic carbocycles. The summed E-state index contributed by atoms with van der Waals surface area (Å²) in [4.78, 5) is 16.8. The molecule has 5 nitrogen and oxygen atoms in total. The van der Waals surface area contributed by atoms with Crippen molar-refractivity contribution in [1.82, 2.24) is 10.3 Å². The van der Waals surface area contributed by atoms with Crippen molar-refractivity contribution in [1.29, 1.82) is 0 Å². The number of ether oxygens (including phenoxy) is 2. The molecule has 0 aliphatic heterocycles. The zero-order valence-electron chi connectivity index (χ0n) is 15.4. The highest BCUT2D eigenvalue weighted by Crippen LogP contribution is 2.36. The summed E-state index contributed by atoms with van der Waals surface area (Å²) in [6.45, 7) is 5.16. The first-order chi connectivity index (χ1) is 12.5. The Kier molecular flexibility index (Phi) is 8.19. The van der Waals surface area contributed by atoms with Gasteiger partial charge in [0.2, 0.25) is 0 Å². The highest BCUT2D eigenvalue weighted by Gasteiger charge is 2.15. The number of carbonyl (C=O) groups is 1. The van der Waals surface area contributed by atoms with Gasteiger partial charge >= 0.3 is 0 Å². The van der Waals surface area contributed by atoms with Crippen LogP contribution in [0.2, 0.25) is 5.02 Å². The number of unbranched alkanes of at least 4 members (excludes halogenated alkanes) is 1. The van der Waals surface area contributed by atoms with Crippen molar-refractivity contribution in [3.63, 3.8) is 0 Å². The van der Waals surface area contributed by atoms with Crippen molar-refractivity contribution in [2.45, 2.75) is 39.5 Å².